The molecular formula is C18H26N6O5P5S+. The van der Waals surface area contributed by atoms with Crippen LogP contribution in [-0.2, 0) is 25.4 Å². The van der Waals surface area contributed by atoms with Gasteiger partial charge in [0.25, 0.3) is 0 Å². The zero-order chi connectivity index (χ0) is 25.8. The lowest BCUT2D eigenvalue weighted by Gasteiger charge is -2.24. The lowest BCUT2D eigenvalue weighted by molar-refractivity contribution is 0.261. The third kappa shape index (κ3) is 9.28. The normalized spacial score (nSPS) is 13.9. The fraction of sp³-hybridized carbons (Fsp3) is 0.278. The molecule has 188 valence electrons. The minimum Gasteiger partial charge on any atom is -0.472 e. The van der Waals surface area contributed by atoms with Crippen LogP contribution in [0.15, 0.2) is 58.5 Å². The molecule has 0 aliphatic rings. The summed E-state index contributed by atoms with van der Waals surface area (Å²) in [6.45, 7) is 0. The molecule has 2 rings (SSSR count). The van der Waals surface area contributed by atoms with Crippen molar-refractivity contribution in [3.63, 3.8) is 0 Å². The minimum absolute atomic E-state index is 0.0686. The van der Waals surface area contributed by atoms with Crippen molar-refractivity contribution in [3.8, 4) is 11.5 Å². The van der Waals surface area contributed by atoms with Gasteiger partial charge in [0.15, 0.2) is 5.75 Å². The van der Waals surface area contributed by atoms with Crippen LogP contribution < -0.4 is 14.4 Å². The van der Waals surface area contributed by atoms with E-state index < -0.39 is 27.9 Å². The topological polar surface area (TPSA) is 130 Å². The maximum absolute atomic E-state index is 12.7. The van der Waals surface area contributed by atoms with Gasteiger partial charge in [-0.25, -0.2) is 0 Å². The molecule has 17 heteroatoms. The van der Waals surface area contributed by atoms with Crippen LogP contribution in [0.4, 0.5) is 0 Å². The first-order chi connectivity index (χ1) is 16.8. The highest BCUT2D eigenvalue weighted by molar-refractivity contribution is 8.46. The highest BCUT2D eigenvalue weighted by atomic mass is 32.4. The molecule has 0 amide bonds. The quantitative estimate of drug-likeness (QED) is 0.0626. The Morgan fingerprint density at radius 1 is 1.23 bits per heavy atom. The van der Waals surface area contributed by atoms with Gasteiger partial charge in [-0.15, -0.1) is 5.10 Å². The molecule has 0 spiro atoms. The maximum Gasteiger partial charge on any atom is 0.540 e. The summed E-state index contributed by atoms with van der Waals surface area (Å²) in [6, 6.07) is 14.4. The second kappa shape index (κ2) is 15.1. The van der Waals surface area contributed by atoms with Gasteiger partial charge in [0.05, 0.1) is 20.7 Å². The largest absolute Gasteiger partial charge is 0.540 e. The van der Waals surface area contributed by atoms with E-state index >= 15 is 0 Å². The molecule has 5 unspecified atom stereocenters. The lowest BCUT2D eigenvalue weighted by Crippen LogP contribution is -2.18. The molecular weight excluding hydrogens is 567 g/mol. The van der Waals surface area contributed by atoms with E-state index in [1.165, 1.54) is 14.2 Å². The highest BCUT2D eigenvalue weighted by Crippen LogP contribution is 2.63. The molecule has 0 aliphatic heterocycles. The Morgan fingerprint density at radius 3 is 2.37 bits per heavy atom. The lowest BCUT2D eigenvalue weighted by atomic mass is 10.2. The van der Waals surface area contributed by atoms with Gasteiger partial charge in [-0.2, -0.15) is 0 Å². The highest BCUT2D eigenvalue weighted by Gasteiger charge is 2.34. The van der Waals surface area contributed by atoms with E-state index in [0.717, 1.165) is 11.1 Å². The van der Waals surface area contributed by atoms with E-state index in [4.69, 9.17) is 35.4 Å². The summed E-state index contributed by atoms with van der Waals surface area (Å²) in [5.41, 5.74) is 10.0. The van der Waals surface area contributed by atoms with Crippen molar-refractivity contribution in [2.75, 3.05) is 28.3 Å². The van der Waals surface area contributed by atoms with Crippen molar-refractivity contribution in [2.45, 2.75) is 5.78 Å². The summed E-state index contributed by atoms with van der Waals surface area (Å²) in [4.78, 5) is 6.38. The number of nitrogens with one attached hydrogen (secondary N) is 1. The maximum atomic E-state index is 12.7. The van der Waals surface area contributed by atoms with E-state index in [0.29, 0.717) is 11.5 Å². The Balaban J connectivity index is 1.95. The smallest absolute Gasteiger partial charge is 0.472 e. The van der Waals surface area contributed by atoms with Crippen LogP contribution in [0.3, 0.4) is 0 Å². The fourth-order valence-corrected chi connectivity index (χ4v) is 6.89. The van der Waals surface area contributed by atoms with Crippen LogP contribution in [0.1, 0.15) is 16.9 Å². The molecule has 0 saturated carbocycles. The van der Waals surface area contributed by atoms with Crippen LogP contribution in [0.5, 0.6) is 11.5 Å². The molecule has 0 saturated heterocycles. The Labute approximate surface area is 215 Å². The summed E-state index contributed by atoms with van der Waals surface area (Å²) >= 11 is 5.47. The average molecular weight is 593 g/mol. The standard InChI is InChI=1S/C18H26N6O5P5S/c1-20-18(34(25,26-3)27-4)15-7-11-17(12-8-15)29-33(35)24(2)21-13-14-5-9-16(10-6-14)28-31-32(30)23-22-19/h5-13,18,20,31H,30H2,1-4H3/q+1/b21-13+. The molecule has 2 aromatic rings. The second-order valence-corrected chi connectivity index (χ2v) is 17.2. The number of nitrogens with zero attached hydrogens (tertiary/aromatic N) is 5. The van der Waals surface area contributed by atoms with Crippen molar-refractivity contribution in [3.05, 3.63) is 70.1 Å². The Bertz CT molecular complexity index is 1100. The molecule has 2 aromatic carbocycles. The van der Waals surface area contributed by atoms with Gasteiger partial charge in [-0.3, -0.25) is 9.09 Å². The molecule has 0 bridgehead atoms. The van der Waals surface area contributed by atoms with Gasteiger partial charge in [0.2, 0.25) is 11.8 Å². The van der Waals surface area contributed by atoms with Crippen molar-refractivity contribution in [1.82, 2.24) is 10.1 Å². The monoisotopic (exact) mass is 593 g/mol. The molecule has 35 heavy (non-hydrogen) atoms. The van der Waals surface area contributed by atoms with Crippen LogP contribution in [0, 0.1) is 0 Å². The Kier molecular flexibility index (Phi) is 12.9. The fourth-order valence-electron chi connectivity index (χ4n) is 2.63. The molecule has 5 atom stereocenters. The SMILES string of the molecule is CNC(c1ccc(O[P+](=S)N(C)/N=C/c2ccc(OPP(P)N=[N+]=[N-])cc2)cc1)P(=O)(OC)OC. The summed E-state index contributed by atoms with van der Waals surface area (Å²) in [6.07, 6.45) is 1.67. The third-order valence-corrected chi connectivity index (χ3v) is 11.6. The van der Waals surface area contributed by atoms with E-state index in [9.17, 15) is 4.57 Å². The first-order valence-electron chi connectivity index (χ1n) is 9.80. The van der Waals surface area contributed by atoms with Crippen LogP contribution in [0.25, 0.3) is 10.4 Å². The summed E-state index contributed by atoms with van der Waals surface area (Å²) in [7, 11) is 2.95. The van der Waals surface area contributed by atoms with Gasteiger partial charge < -0.3 is 18.9 Å². The van der Waals surface area contributed by atoms with Gasteiger partial charge in [-0.1, -0.05) is 30.7 Å². The molecule has 0 heterocycles. The molecule has 0 radical (unpaired) electrons. The summed E-state index contributed by atoms with van der Waals surface area (Å²) in [5, 5.41) is 7.34. The van der Waals surface area contributed by atoms with E-state index in [1.54, 1.807) is 49.4 Å². The zero-order valence-corrected chi connectivity index (χ0v) is 25.0. The van der Waals surface area contributed by atoms with Crippen molar-refractivity contribution in [1.29, 1.82) is 0 Å². The minimum atomic E-state index is -3.35. The first-order valence-corrected chi connectivity index (χ1v) is 18.3. The second-order valence-electron chi connectivity index (χ2n) is 6.51. The number of hydrazone groups is 1. The number of rotatable bonds is 14. The van der Waals surface area contributed by atoms with E-state index in [2.05, 4.69) is 29.1 Å². The number of benzene rings is 2. The Hall–Kier alpha value is -1.26. The first kappa shape index (κ1) is 30.0. The van der Waals surface area contributed by atoms with Gasteiger partial charge >= 0.3 is 14.7 Å². The zero-order valence-electron chi connectivity index (χ0n) is 19.4. The summed E-state index contributed by atoms with van der Waals surface area (Å²) < 4.78 is 36.0. The molecule has 11 nitrogen and oxygen atoms in total. The van der Waals surface area contributed by atoms with Gasteiger partial charge in [0.1, 0.15) is 20.0 Å². The third-order valence-electron chi connectivity index (χ3n) is 4.36. The van der Waals surface area contributed by atoms with Crippen molar-refractivity contribution >= 4 is 57.6 Å². The van der Waals surface area contributed by atoms with E-state index in [-0.39, 0.29) is 8.50 Å². The molecule has 1 N–H and O–H groups in total. The predicted molar refractivity (Wildman–Crippen MR) is 151 cm³/mol. The van der Waals surface area contributed by atoms with Crippen molar-refractivity contribution < 1.29 is 22.7 Å². The Morgan fingerprint density at radius 2 is 1.83 bits per heavy atom. The molecule has 0 aromatic heterocycles. The van der Waals surface area contributed by atoms with Crippen LogP contribution in [-0.4, -0.2) is 39.3 Å². The number of azide groups is 1. The van der Waals surface area contributed by atoms with Crippen LogP contribution >= 0.6 is 39.5 Å². The van der Waals surface area contributed by atoms with Crippen LogP contribution in [0.2, 0.25) is 0 Å². The average Bonchev–Trinajstić information content (AvgIpc) is 2.88. The van der Waals surface area contributed by atoms with Gasteiger partial charge in [-0.05, 0) is 60.1 Å². The molecule has 0 aliphatic carbocycles. The number of hydrogen-bond donors (Lipinski definition) is 1. The number of hydrogen-bond acceptors (Lipinski definition) is 9. The van der Waals surface area contributed by atoms with Gasteiger partial charge in [0, 0.05) is 19.1 Å². The van der Waals surface area contributed by atoms with Crippen molar-refractivity contribution in [2.24, 2.45) is 9.99 Å². The summed E-state index contributed by atoms with van der Waals surface area (Å²) in [5.74, 6) is 0.631. The predicted octanol–water partition coefficient (Wildman–Crippen LogP) is 6.89. The van der Waals surface area contributed by atoms with E-state index in [1.807, 2.05) is 24.3 Å². The molecule has 0 fully saturated rings.